The fourth-order valence-corrected chi connectivity index (χ4v) is 4.35. The number of anilines is 1. The zero-order valence-electron chi connectivity index (χ0n) is 15.2. The summed E-state index contributed by atoms with van der Waals surface area (Å²) in [5.41, 5.74) is 1.18. The van der Waals surface area contributed by atoms with E-state index >= 15 is 0 Å². The van der Waals surface area contributed by atoms with Crippen LogP contribution in [0.4, 0.5) is 6.01 Å². The molecule has 146 valence electrons. The summed E-state index contributed by atoms with van der Waals surface area (Å²) in [6.45, 7) is 2.02. The predicted octanol–water partition coefficient (Wildman–Crippen LogP) is 3.47. The highest BCUT2D eigenvalue weighted by Gasteiger charge is 2.20. The van der Waals surface area contributed by atoms with E-state index in [9.17, 15) is 13.2 Å². The van der Waals surface area contributed by atoms with E-state index in [1.807, 2.05) is 31.2 Å². The summed E-state index contributed by atoms with van der Waals surface area (Å²) in [6, 6.07) is 16.0. The number of nitrogens with one attached hydrogen (secondary N) is 1. The monoisotopic (exact) mass is 417 g/mol. The molecule has 7 nitrogen and oxygen atoms in total. The molecule has 0 aliphatic rings. The Morgan fingerprint density at radius 1 is 1.07 bits per heavy atom. The van der Waals surface area contributed by atoms with Crippen LogP contribution in [0.3, 0.4) is 0 Å². The summed E-state index contributed by atoms with van der Waals surface area (Å²) >= 11 is 1.57. The molecule has 1 N–H and O–H groups in total. The number of nitrogens with zero attached hydrogens (tertiary/aromatic N) is 2. The number of aryl methyl sites for hydroxylation is 1. The summed E-state index contributed by atoms with van der Waals surface area (Å²) in [5.74, 6) is -0.185. The van der Waals surface area contributed by atoms with Crippen LogP contribution >= 0.6 is 11.8 Å². The van der Waals surface area contributed by atoms with Gasteiger partial charge in [0.25, 0.3) is 0 Å². The number of thioether (sulfide) groups is 1. The van der Waals surface area contributed by atoms with E-state index in [1.54, 1.807) is 30.0 Å². The molecule has 0 saturated carbocycles. The van der Waals surface area contributed by atoms with Crippen LogP contribution in [0.2, 0.25) is 0 Å². The molecule has 0 spiro atoms. The molecule has 0 bridgehead atoms. The van der Waals surface area contributed by atoms with Gasteiger partial charge in [-0.3, -0.25) is 10.1 Å². The van der Waals surface area contributed by atoms with Gasteiger partial charge in [-0.05, 0) is 31.2 Å². The molecule has 0 radical (unpaired) electrons. The lowest BCUT2D eigenvalue weighted by Crippen LogP contribution is -2.12. The normalized spacial score (nSPS) is 11.3. The summed E-state index contributed by atoms with van der Waals surface area (Å²) < 4.78 is 29.9. The number of rotatable bonds is 8. The molecule has 0 unspecified atom stereocenters. The van der Waals surface area contributed by atoms with Crippen molar-refractivity contribution in [2.24, 2.45) is 0 Å². The van der Waals surface area contributed by atoms with E-state index in [0.717, 1.165) is 4.90 Å². The lowest BCUT2D eigenvalue weighted by molar-refractivity contribution is -0.115. The summed E-state index contributed by atoms with van der Waals surface area (Å²) in [7, 11) is -3.59. The highest BCUT2D eigenvalue weighted by molar-refractivity contribution is 7.99. The minimum absolute atomic E-state index is 0.0758. The van der Waals surface area contributed by atoms with Crippen LogP contribution in [0.15, 0.2) is 68.8 Å². The van der Waals surface area contributed by atoms with E-state index in [4.69, 9.17) is 4.42 Å². The van der Waals surface area contributed by atoms with Gasteiger partial charge < -0.3 is 4.42 Å². The SMILES string of the molecule is Cc1ccc(SCCC(=O)Nc2nnc(CS(=O)(=O)c3ccccc3)o2)cc1. The second kappa shape index (κ2) is 9.03. The number of benzene rings is 2. The largest absolute Gasteiger partial charge is 0.407 e. The van der Waals surface area contributed by atoms with Crippen LogP contribution in [-0.2, 0) is 20.4 Å². The van der Waals surface area contributed by atoms with Gasteiger partial charge in [0, 0.05) is 17.1 Å². The lowest BCUT2D eigenvalue weighted by Gasteiger charge is -2.02. The van der Waals surface area contributed by atoms with Gasteiger partial charge in [-0.2, -0.15) is 0 Å². The Hall–Kier alpha value is -2.65. The van der Waals surface area contributed by atoms with E-state index in [2.05, 4.69) is 15.5 Å². The van der Waals surface area contributed by atoms with Gasteiger partial charge in [0.1, 0.15) is 5.75 Å². The van der Waals surface area contributed by atoms with Crippen LogP contribution in [0.5, 0.6) is 0 Å². The maximum absolute atomic E-state index is 12.3. The topological polar surface area (TPSA) is 102 Å². The van der Waals surface area contributed by atoms with Crippen molar-refractivity contribution in [3.63, 3.8) is 0 Å². The van der Waals surface area contributed by atoms with Crippen molar-refractivity contribution in [1.82, 2.24) is 10.2 Å². The van der Waals surface area contributed by atoms with Crippen molar-refractivity contribution < 1.29 is 17.6 Å². The maximum atomic E-state index is 12.3. The van der Waals surface area contributed by atoms with Gasteiger partial charge in [0.15, 0.2) is 9.84 Å². The molecule has 0 fully saturated rings. The minimum atomic E-state index is -3.59. The third-order valence-corrected chi connectivity index (χ3v) is 6.38. The zero-order chi connectivity index (χ0) is 20.0. The standard InChI is InChI=1S/C19H19N3O4S2/c1-14-7-9-15(10-8-14)27-12-11-17(23)20-19-22-21-18(26-19)13-28(24,25)16-5-3-2-4-6-16/h2-10H,11-13H2,1H3,(H,20,22,23). The van der Waals surface area contributed by atoms with Crippen molar-refractivity contribution in [1.29, 1.82) is 0 Å². The smallest absolute Gasteiger partial charge is 0.322 e. The highest BCUT2D eigenvalue weighted by atomic mass is 32.2. The molecule has 9 heteroatoms. The summed E-state index contributed by atoms with van der Waals surface area (Å²) in [6.07, 6.45) is 0.262. The number of hydrogen-bond acceptors (Lipinski definition) is 7. The van der Waals surface area contributed by atoms with Gasteiger partial charge in [0.2, 0.25) is 11.8 Å². The molecular weight excluding hydrogens is 398 g/mol. The first-order chi connectivity index (χ1) is 13.4. The molecule has 2 aromatic carbocycles. The Kier molecular flexibility index (Phi) is 6.48. The first-order valence-corrected chi connectivity index (χ1v) is 11.2. The predicted molar refractivity (Wildman–Crippen MR) is 107 cm³/mol. The second-order valence-corrected chi connectivity index (χ2v) is 9.19. The lowest BCUT2D eigenvalue weighted by atomic mass is 10.2. The van der Waals surface area contributed by atoms with Crippen LogP contribution in [0, 0.1) is 6.92 Å². The molecule has 3 rings (SSSR count). The quantitative estimate of drug-likeness (QED) is 0.560. The number of carbonyl (C=O) groups excluding carboxylic acids is 1. The first-order valence-electron chi connectivity index (χ1n) is 8.52. The molecule has 0 aliphatic carbocycles. The maximum Gasteiger partial charge on any atom is 0.322 e. The zero-order valence-corrected chi connectivity index (χ0v) is 16.8. The van der Waals surface area contributed by atoms with Crippen molar-refractivity contribution in [3.8, 4) is 0 Å². The van der Waals surface area contributed by atoms with Gasteiger partial charge in [-0.1, -0.05) is 41.0 Å². The molecule has 1 heterocycles. The molecule has 3 aromatic rings. The van der Waals surface area contributed by atoms with Crippen molar-refractivity contribution in [2.75, 3.05) is 11.1 Å². The summed E-state index contributed by atoms with van der Waals surface area (Å²) in [4.78, 5) is 13.3. The Bertz CT molecular complexity index is 1030. The number of aromatic nitrogens is 2. The van der Waals surface area contributed by atoms with E-state index in [-0.39, 0.29) is 29.1 Å². The fourth-order valence-electron chi connectivity index (χ4n) is 2.31. The van der Waals surface area contributed by atoms with Crippen LogP contribution < -0.4 is 5.32 Å². The first kappa shape index (κ1) is 20.1. The molecule has 0 aliphatic heterocycles. The third-order valence-electron chi connectivity index (χ3n) is 3.75. The number of hydrogen-bond donors (Lipinski definition) is 1. The number of carbonyl (C=O) groups is 1. The van der Waals surface area contributed by atoms with Crippen LogP contribution in [0.25, 0.3) is 0 Å². The Balaban J connectivity index is 1.50. The molecule has 1 aromatic heterocycles. The van der Waals surface area contributed by atoms with Crippen molar-refractivity contribution >= 4 is 33.5 Å². The summed E-state index contributed by atoms with van der Waals surface area (Å²) in [5, 5.41) is 9.89. The van der Waals surface area contributed by atoms with Gasteiger partial charge >= 0.3 is 6.01 Å². The number of amides is 1. The fraction of sp³-hybridized carbons (Fsp3) is 0.211. The second-order valence-electron chi connectivity index (χ2n) is 6.03. The Labute approximate surface area is 167 Å². The Morgan fingerprint density at radius 2 is 1.79 bits per heavy atom. The van der Waals surface area contributed by atoms with E-state index in [1.165, 1.54) is 17.7 Å². The van der Waals surface area contributed by atoms with Crippen molar-refractivity contribution in [3.05, 3.63) is 66.1 Å². The molecule has 0 atom stereocenters. The van der Waals surface area contributed by atoms with E-state index in [0.29, 0.717) is 5.75 Å². The third kappa shape index (κ3) is 5.67. The minimum Gasteiger partial charge on any atom is -0.407 e. The van der Waals surface area contributed by atoms with Crippen LogP contribution in [-0.4, -0.2) is 30.3 Å². The van der Waals surface area contributed by atoms with E-state index < -0.39 is 15.6 Å². The molecule has 1 amide bonds. The molecule has 28 heavy (non-hydrogen) atoms. The Morgan fingerprint density at radius 3 is 2.50 bits per heavy atom. The van der Waals surface area contributed by atoms with Gasteiger partial charge in [0.05, 0.1) is 4.90 Å². The molecule has 0 saturated heterocycles. The van der Waals surface area contributed by atoms with Gasteiger partial charge in [-0.15, -0.1) is 16.9 Å². The average Bonchev–Trinajstić information content (AvgIpc) is 3.10. The van der Waals surface area contributed by atoms with Gasteiger partial charge in [-0.25, -0.2) is 8.42 Å². The number of sulfone groups is 1. The van der Waals surface area contributed by atoms with Crippen molar-refractivity contribution in [2.45, 2.75) is 28.9 Å². The highest BCUT2D eigenvalue weighted by Crippen LogP contribution is 2.20. The average molecular weight is 418 g/mol. The van der Waals surface area contributed by atoms with Crippen LogP contribution in [0.1, 0.15) is 17.9 Å². The molecular formula is C19H19N3O4S2.